The van der Waals surface area contributed by atoms with Crippen molar-refractivity contribution in [2.24, 2.45) is 10.8 Å². The van der Waals surface area contributed by atoms with Crippen LogP contribution in [0.1, 0.15) is 43.0 Å². The molecule has 0 fully saturated rings. The smallest absolute Gasteiger partial charge is 1.00 e. The molecule has 9 nitrogen and oxygen atoms in total. The van der Waals surface area contributed by atoms with Gasteiger partial charge in [0.05, 0.1) is 7.11 Å². The van der Waals surface area contributed by atoms with Crippen LogP contribution in [0.4, 0.5) is 11.4 Å². The van der Waals surface area contributed by atoms with Crippen molar-refractivity contribution in [2.45, 2.75) is 41.5 Å². The molecule has 0 heterocycles. The second kappa shape index (κ2) is 19.7. The van der Waals surface area contributed by atoms with Crippen molar-refractivity contribution in [3.63, 3.8) is 0 Å². The first-order chi connectivity index (χ1) is 15.2. The molecule has 0 aliphatic heterocycles. The molecular formula is C24H34K2N2O7. The molecule has 11 heteroatoms. The van der Waals surface area contributed by atoms with Crippen LogP contribution in [0, 0.1) is 10.8 Å². The van der Waals surface area contributed by atoms with Crippen LogP contribution in [0.15, 0.2) is 48.5 Å². The van der Waals surface area contributed by atoms with Gasteiger partial charge in [-0.25, -0.2) is 0 Å². The van der Waals surface area contributed by atoms with Gasteiger partial charge in [0.1, 0.15) is 11.5 Å². The molecule has 0 saturated carbocycles. The van der Waals surface area contributed by atoms with E-state index in [4.69, 9.17) is 14.8 Å². The Bertz CT molecular complexity index is 918. The quantitative estimate of drug-likeness (QED) is 0.170. The van der Waals surface area contributed by atoms with E-state index in [2.05, 4.69) is 15.5 Å². The van der Waals surface area contributed by atoms with Gasteiger partial charge in [0, 0.05) is 34.3 Å². The van der Waals surface area contributed by atoms with Crippen LogP contribution < -0.4 is 123 Å². The van der Waals surface area contributed by atoms with Crippen molar-refractivity contribution < 1.29 is 139 Å². The summed E-state index contributed by atoms with van der Waals surface area (Å²) in [5.41, 5.74) is 0.563. The van der Waals surface area contributed by atoms with Gasteiger partial charge in [-0.2, -0.15) is 0 Å². The maximum atomic E-state index is 11.7. The summed E-state index contributed by atoms with van der Waals surface area (Å²) in [7, 11) is 1.60. The summed E-state index contributed by atoms with van der Waals surface area (Å²) in [4.78, 5) is 34.5. The van der Waals surface area contributed by atoms with Crippen molar-refractivity contribution >= 4 is 29.7 Å². The number of phenols is 1. The number of carbonyl (C=O) groups is 3. The fraction of sp³-hybridized carbons (Fsp3) is 0.375. The molecule has 0 saturated heterocycles. The molecule has 184 valence electrons. The molecule has 0 spiro atoms. The van der Waals surface area contributed by atoms with Gasteiger partial charge in [-0.3, -0.25) is 14.4 Å². The predicted molar refractivity (Wildman–Crippen MR) is 126 cm³/mol. The Balaban J connectivity index is -0.000000231. The topological polar surface area (TPSA) is 137 Å². The van der Waals surface area contributed by atoms with E-state index < -0.39 is 5.41 Å². The van der Waals surface area contributed by atoms with E-state index in [0.717, 1.165) is 11.4 Å². The van der Waals surface area contributed by atoms with E-state index in [-0.39, 0.29) is 134 Å². The third-order valence-electron chi connectivity index (χ3n) is 3.83. The summed E-state index contributed by atoms with van der Waals surface area (Å²) >= 11 is 0. The van der Waals surface area contributed by atoms with Gasteiger partial charge in [0.25, 0.3) is 6.47 Å². The Morgan fingerprint density at radius 3 is 1.63 bits per heavy atom. The number of aromatic hydroxyl groups is 1. The molecule has 0 bridgehead atoms. The number of benzene rings is 2. The van der Waals surface area contributed by atoms with E-state index in [0.29, 0.717) is 5.69 Å². The zero-order chi connectivity index (χ0) is 25.7. The molecule has 2 aromatic rings. The third kappa shape index (κ3) is 18.6. The van der Waals surface area contributed by atoms with Gasteiger partial charge in [0.15, 0.2) is 0 Å². The zero-order valence-corrected chi connectivity index (χ0v) is 28.3. The minimum Gasteiger partial charge on any atom is -1.00 e. The number of ether oxygens (including phenoxy) is 1. The molecule has 0 aliphatic carbocycles. The summed E-state index contributed by atoms with van der Waals surface area (Å²) in [6.07, 6.45) is 0. The van der Waals surface area contributed by atoms with Gasteiger partial charge < -0.3 is 32.0 Å². The van der Waals surface area contributed by atoms with E-state index in [1.54, 1.807) is 31.4 Å². The molecular weight excluding hydrogens is 506 g/mol. The average Bonchev–Trinajstić information content (AvgIpc) is 2.73. The van der Waals surface area contributed by atoms with Crippen molar-refractivity contribution in [3.05, 3.63) is 48.5 Å². The number of phenolic OH excluding ortho intramolecular Hbond substituents is 1. The normalized spacial score (nSPS) is 9.71. The van der Waals surface area contributed by atoms with Crippen LogP contribution in [0.5, 0.6) is 11.5 Å². The number of nitrogens with one attached hydrogen (secondary N) is 2. The molecule has 0 aromatic heterocycles. The maximum Gasteiger partial charge on any atom is 1.00 e. The van der Waals surface area contributed by atoms with Gasteiger partial charge in [0.2, 0.25) is 11.8 Å². The summed E-state index contributed by atoms with van der Waals surface area (Å²) in [6.45, 7) is 11.0. The van der Waals surface area contributed by atoms with E-state index in [1.165, 1.54) is 6.07 Å². The van der Waals surface area contributed by atoms with Crippen molar-refractivity contribution in [2.75, 3.05) is 17.7 Å². The molecule has 0 radical (unpaired) electrons. The van der Waals surface area contributed by atoms with Gasteiger partial charge in [-0.15, -0.1) is 0 Å². The SMILES string of the molecule is CC(C)(C)C(=O)Nc1cccc(O)c1.COc1cccc(NC(=O)C(C)(C)C)c1.O=CO[O-].[H-].[K+].[K+]. The molecule has 35 heavy (non-hydrogen) atoms. The number of hydrogen-bond acceptors (Lipinski definition) is 7. The number of hydrogen-bond donors (Lipinski definition) is 3. The van der Waals surface area contributed by atoms with E-state index in [1.807, 2.05) is 59.7 Å². The average molecular weight is 541 g/mol. The molecule has 0 aliphatic rings. The number of rotatable bonds is 4. The zero-order valence-electron chi connectivity index (χ0n) is 23.1. The van der Waals surface area contributed by atoms with Crippen LogP contribution in [0.3, 0.4) is 0 Å². The van der Waals surface area contributed by atoms with Crippen LogP contribution >= 0.6 is 0 Å². The van der Waals surface area contributed by atoms with Crippen molar-refractivity contribution in [3.8, 4) is 11.5 Å². The minimum atomic E-state index is -0.425. The number of anilines is 2. The van der Waals surface area contributed by atoms with Gasteiger partial charge >= 0.3 is 103 Å². The summed E-state index contributed by atoms with van der Waals surface area (Å²) < 4.78 is 5.07. The first-order valence-corrected chi connectivity index (χ1v) is 10.0. The van der Waals surface area contributed by atoms with E-state index >= 15 is 0 Å². The van der Waals surface area contributed by atoms with Crippen molar-refractivity contribution in [1.29, 1.82) is 0 Å². The van der Waals surface area contributed by atoms with Crippen LogP contribution in [0.2, 0.25) is 0 Å². The Kier molecular flexibility index (Phi) is 22.1. The van der Waals surface area contributed by atoms with Crippen LogP contribution in [-0.2, 0) is 19.3 Å². The second-order valence-electron chi connectivity index (χ2n) is 8.88. The molecule has 2 rings (SSSR count). The Morgan fingerprint density at radius 2 is 1.29 bits per heavy atom. The standard InChI is InChI=1S/C12H17NO2.C11H15NO2.CH2O3.2K.H/c1-12(2,3)11(14)13-9-6-5-7-10(8-9)15-4;1-11(2,3)10(14)12-8-5-4-6-9(13)7-8;2-1-4-3;;;/h5-8H,1-4H3,(H,13,14);4-7,13H,1-3H3,(H,12,14);1,3H;;;/q;;;2*+1;-1/p-1. The molecule has 3 N–H and O–H groups in total. The fourth-order valence-electron chi connectivity index (χ4n) is 1.92. The Morgan fingerprint density at radius 1 is 0.886 bits per heavy atom. The molecule has 0 atom stereocenters. The Hall–Kier alpha value is -0.317. The fourth-order valence-corrected chi connectivity index (χ4v) is 1.92. The summed E-state index contributed by atoms with van der Waals surface area (Å²) in [6, 6.07) is 13.8. The number of methoxy groups -OCH3 is 1. The maximum absolute atomic E-state index is 11.7. The predicted octanol–water partition coefficient (Wildman–Crippen LogP) is -2.39. The summed E-state index contributed by atoms with van der Waals surface area (Å²) in [5, 5.41) is 23.2. The number of amides is 2. The molecule has 2 amide bonds. The summed E-state index contributed by atoms with van der Waals surface area (Å²) in [5.74, 6) is 0.817. The first kappa shape index (κ1) is 39.2. The van der Waals surface area contributed by atoms with Gasteiger partial charge in [-0.05, 0) is 24.3 Å². The first-order valence-electron chi connectivity index (χ1n) is 10.0. The second-order valence-corrected chi connectivity index (χ2v) is 8.88. The van der Waals surface area contributed by atoms with Crippen molar-refractivity contribution in [1.82, 2.24) is 0 Å². The molecule has 0 unspecified atom stereocenters. The van der Waals surface area contributed by atoms with E-state index in [9.17, 15) is 14.7 Å². The van der Waals surface area contributed by atoms with Gasteiger partial charge in [-0.1, -0.05) is 53.7 Å². The van der Waals surface area contributed by atoms with Crippen LogP contribution in [-0.4, -0.2) is 30.5 Å². The molecule has 2 aromatic carbocycles. The number of carbonyl (C=O) groups excluding carboxylic acids is 3. The minimum absolute atomic E-state index is 0. The van der Waals surface area contributed by atoms with Crippen LogP contribution in [0.25, 0.3) is 0 Å². The Labute approximate surface area is 294 Å². The third-order valence-corrected chi connectivity index (χ3v) is 3.83. The largest absolute Gasteiger partial charge is 1.00 e. The monoisotopic (exact) mass is 540 g/mol.